The molecule has 2 N–H and O–H groups in total. The van der Waals surface area contributed by atoms with E-state index in [0.717, 1.165) is 11.3 Å². The Balaban J connectivity index is 2.12. The molecular weight excluding hydrogens is 244 g/mol. The number of aromatic nitrogens is 2. The van der Waals surface area contributed by atoms with E-state index in [1.54, 1.807) is 24.4 Å². The molecule has 98 valence electrons. The Morgan fingerprint density at radius 1 is 1.26 bits per heavy atom. The minimum absolute atomic E-state index is 0.127. The monoisotopic (exact) mass is 258 g/mol. The number of carbonyl (C=O) groups is 2. The van der Waals surface area contributed by atoms with Crippen LogP contribution in [-0.2, 0) is 4.79 Å². The molecule has 0 spiro atoms. The average molecular weight is 258 g/mol. The molecule has 1 aromatic heterocycles. The molecule has 0 aliphatic rings. The van der Waals surface area contributed by atoms with Crippen LogP contribution in [-0.4, -0.2) is 21.5 Å². The molecule has 0 unspecified atom stereocenters. The van der Waals surface area contributed by atoms with Gasteiger partial charge in [-0.2, -0.15) is 0 Å². The summed E-state index contributed by atoms with van der Waals surface area (Å²) in [5.74, 6) is -0.127. The lowest BCUT2D eigenvalue weighted by Crippen LogP contribution is -2.18. The Morgan fingerprint density at radius 3 is 2.63 bits per heavy atom. The van der Waals surface area contributed by atoms with Crippen molar-refractivity contribution in [1.29, 1.82) is 0 Å². The highest BCUT2D eigenvalue weighted by Gasteiger charge is 2.06. The predicted octanol–water partition coefficient (Wildman–Crippen LogP) is 2.23. The van der Waals surface area contributed by atoms with Crippen molar-refractivity contribution in [3.8, 4) is 0 Å². The van der Waals surface area contributed by atoms with E-state index in [-0.39, 0.29) is 11.9 Å². The van der Waals surface area contributed by atoms with Gasteiger partial charge in [-0.1, -0.05) is 0 Å². The fourth-order valence-corrected chi connectivity index (χ4v) is 1.64. The van der Waals surface area contributed by atoms with Crippen LogP contribution in [0.1, 0.15) is 12.5 Å². The highest BCUT2D eigenvalue weighted by molar-refractivity contribution is 5.93. The maximum Gasteiger partial charge on any atom is 0.331 e. The second-order valence-electron chi connectivity index (χ2n) is 4.11. The fourth-order valence-electron chi connectivity index (χ4n) is 1.64. The van der Waals surface area contributed by atoms with Crippen LogP contribution in [0, 0.1) is 6.92 Å². The lowest BCUT2D eigenvalue weighted by atomic mass is 10.2. The number of nitrogens with zero attached hydrogens (tertiary/aromatic N) is 2. The smallest absolute Gasteiger partial charge is 0.326 e. The van der Waals surface area contributed by atoms with Gasteiger partial charge >= 0.3 is 6.03 Å². The van der Waals surface area contributed by atoms with Crippen LogP contribution >= 0.6 is 0 Å². The van der Waals surface area contributed by atoms with Crippen LogP contribution in [0.3, 0.4) is 0 Å². The number of aryl methyl sites for hydroxylation is 1. The maximum atomic E-state index is 11.8. The predicted molar refractivity (Wildman–Crippen MR) is 72.1 cm³/mol. The molecule has 6 heteroatoms. The van der Waals surface area contributed by atoms with E-state index in [1.165, 1.54) is 24.0 Å². The van der Waals surface area contributed by atoms with Crippen LogP contribution in [0.25, 0.3) is 0 Å². The van der Waals surface area contributed by atoms with E-state index < -0.39 is 0 Å². The number of carbonyl (C=O) groups excluding carboxylic acids is 2. The summed E-state index contributed by atoms with van der Waals surface area (Å²) in [4.78, 5) is 26.6. The molecule has 2 rings (SSSR count). The minimum Gasteiger partial charge on any atom is -0.326 e. The van der Waals surface area contributed by atoms with Crippen molar-refractivity contribution in [3.63, 3.8) is 0 Å². The van der Waals surface area contributed by atoms with Gasteiger partial charge < -0.3 is 10.6 Å². The van der Waals surface area contributed by atoms with Gasteiger partial charge in [-0.15, -0.1) is 0 Å². The number of nitrogens with one attached hydrogen (secondary N) is 2. The number of amides is 2. The van der Waals surface area contributed by atoms with E-state index >= 15 is 0 Å². The number of benzene rings is 1. The van der Waals surface area contributed by atoms with Crippen molar-refractivity contribution in [2.45, 2.75) is 13.8 Å². The van der Waals surface area contributed by atoms with Gasteiger partial charge in [0.15, 0.2) is 0 Å². The Kier molecular flexibility index (Phi) is 3.61. The number of rotatable bonds is 2. The molecular formula is C13H14N4O2. The number of hydrogen-bond acceptors (Lipinski definition) is 3. The van der Waals surface area contributed by atoms with Gasteiger partial charge in [0.25, 0.3) is 0 Å². The molecule has 0 aliphatic carbocycles. The first-order valence-electron chi connectivity index (χ1n) is 5.74. The summed E-state index contributed by atoms with van der Waals surface area (Å²) in [5.41, 5.74) is 2.26. The van der Waals surface area contributed by atoms with Crippen molar-refractivity contribution < 1.29 is 9.59 Å². The van der Waals surface area contributed by atoms with Crippen molar-refractivity contribution in [3.05, 3.63) is 42.5 Å². The van der Waals surface area contributed by atoms with Crippen LogP contribution in [0.2, 0.25) is 0 Å². The normalized spacial score (nSPS) is 10.0. The molecule has 0 fully saturated rings. The lowest BCUT2D eigenvalue weighted by molar-refractivity contribution is -0.114. The minimum atomic E-state index is -0.288. The molecule has 2 aromatic rings. The molecule has 1 heterocycles. The molecule has 0 bridgehead atoms. The summed E-state index contributed by atoms with van der Waals surface area (Å²) in [6, 6.07) is 4.98. The summed E-state index contributed by atoms with van der Waals surface area (Å²) in [5, 5.41) is 5.45. The first-order chi connectivity index (χ1) is 9.06. The Bertz CT molecular complexity index is 605. The highest BCUT2D eigenvalue weighted by Crippen LogP contribution is 2.19. The largest absolute Gasteiger partial charge is 0.331 e. The zero-order valence-electron chi connectivity index (χ0n) is 10.7. The van der Waals surface area contributed by atoms with E-state index in [2.05, 4.69) is 15.6 Å². The molecule has 0 saturated carbocycles. The molecule has 1 aromatic carbocycles. The Labute approximate surface area is 110 Å². The van der Waals surface area contributed by atoms with Gasteiger partial charge in [0.1, 0.15) is 6.33 Å². The van der Waals surface area contributed by atoms with E-state index in [1.807, 2.05) is 6.92 Å². The zero-order chi connectivity index (χ0) is 13.8. The van der Waals surface area contributed by atoms with E-state index in [4.69, 9.17) is 0 Å². The molecule has 0 saturated heterocycles. The molecule has 0 atom stereocenters. The average Bonchev–Trinajstić information content (AvgIpc) is 2.86. The van der Waals surface area contributed by atoms with Crippen molar-refractivity contribution in [2.24, 2.45) is 0 Å². The number of hydrogen-bond donors (Lipinski definition) is 2. The number of anilines is 2. The van der Waals surface area contributed by atoms with E-state index in [9.17, 15) is 9.59 Å². The molecule has 19 heavy (non-hydrogen) atoms. The van der Waals surface area contributed by atoms with Crippen molar-refractivity contribution in [1.82, 2.24) is 9.55 Å². The third-order valence-electron chi connectivity index (χ3n) is 2.53. The van der Waals surface area contributed by atoms with Gasteiger partial charge in [-0.25, -0.2) is 9.78 Å². The summed E-state index contributed by atoms with van der Waals surface area (Å²) in [6.07, 6.45) is 4.52. The zero-order valence-corrected chi connectivity index (χ0v) is 10.7. The first kappa shape index (κ1) is 12.8. The second-order valence-corrected chi connectivity index (χ2v) is 4.11. The highest BCUT2D eigenvalue weighted by atomic mass is 16.2. The first-order valence-corrected chi connectivity index (χ1v) is 5.74. The third-order valence-corrected chi connectivity index (χ3v) is 2.53. The van der Waals surface area contributed by atoms with E-state index in [0.29, 0.717) is 5.69 Å². The van der Waals surface area contributed by atoms with Crippen LogP contribution < -0.4 is 10.6 Å². The topological polar surface area (TPSA) is 76.0 Å². The number of imidazole rings is 1. The molecule has 6 nitrogen and oxygen atoms in total. The Morgan fingerprint density at radius 2 is 2.05 bits per heavy atom. The lowest BCUT2D eigenvalue weighted by Gasteiger charge is -2.10. The fraction of sp³-hybridized carbons (Fsp3) is 0.154. The summed E-state index contributed by atoms with van der Waals surface area (Å²) >= 11 is 0. The third kappa shape index (κ3) is 3.19. The standard InChI is InChI=1S/C13H14N4O2/c1-9-7-11(3-4-12(9)15-10(2)18)16-13(19)17-6-5-14-8-17/h3-8H,1-2H3,(H,15,18)(H,16,19). The van der Waals surface area contributed by atoms with Gasteiger partial charge in [-0.3, -0.25) is 9.36 Å². The van der Waals surface area contributed by atoms with Gasteiger partial charge in [0.2, 0.25) is 5.91 Å². The van der Waals surface area contributed by atoms with Gasteiger partial charge in [-0.05, 0) is 30.7 Å². The summed E-state index contributed by atoms with van der Waals surface area (Å²) in [7, 11) is 0. The van der Waals surface area contributed by atoms with Crippen LogP contribution in [0.4, 0.5) is 16.2 Å². The van der Waals surface area contributed by atoms with Gasteiger partial charge in [0.05, 0.1) is 0 Å². The maximum absolute atomic E-state index is 11.8. The second kappa shape index (κ2) is 5.34. The molecule has 0 aliphatic heterocycles. The van der Waals surface area contributed by atoms with Crippen molar-refractivity contribution >= 4 is 23.3 Å². The molecule has 2 amide bonds. The SMILES string of the molecule is CC(=O)Nc1ccc(NC(=O)n2ccnc2)cc1C. The molecule has 0 radical (unpaired) electrons. The summed E-state index contributed by atoms with van der Waals surface area (Å²) < 4.78 is 1.34. The van der Waals surface area contributed by atoms with Crippen LogP contribution in [0.15, 0.2) is 36.9 Å². The summed E-state index contributed by atoms with van der Waals surface area (Å²) in [6.45, 7) is 3.31. The quantitative estimate of drug-likeness (QED) is 0.867. The Hall–Kier alpha value is -2.63. The van der Waals surface area contributed by atoms with Crippen molar-refractivity contribution in [2.75, 3.05) is 10.6 Å². The van der Waals surface area contributed by atoms with Crippen LogP contribution in [0.5, 0.6) is 0 Å². The van der Waals surface area contributed by atoms with Gasteiger partial charge in [0, 0.05) is 30.7 Å².